The maximum atomic E-state index is 13.6. The minimum Gasteiger partial charge on any atom is -0.480 e. The third-order valence-electron chi connectivity index (χ3n) is 4.62. The van der Waals surface area contributed by atoms with Crippen LogP contribution in [-0.2, 0) is 4.79 Å². The van der Waals surface area contributed by atoms with Crippen LogP contribution in [0.25, 0.3) is 5.57 Å². The number of nitrogens with zero attached hydrogens (tertiary/aromatic N) is 1. The Morgan fingerprint density at radius 3 is 2.36 bits per heavy atom. The molecule has 134 valence electrons. The van der Waals surface area contributed by atoms with Gasteiger partial charge in [-0.2, -0.15) is 0 Å². The van der Waals surface area contributed by atoms with Crippen LogP contribution in [0.3, 0.4) is 0 Å². The molecule has 0 bridgehead atoms. The molecule has 0 saturated carbocycles. The van der Waals surface area contributed by atoms with E-state index in [-0.39, 0.29) is 13.0 Å². The number of halogens is 1. The van der Waals surface area contributed by atoms with Crippen molar-refractivity contribution >= 4 is 34.2 Å². The predicted octanol–water partition coefficient (Wildman–Crippen LogP) is 4.75. The van der Waals surface area contributed by atoms with Gasteiger partial charge in [0.1, 0.15) is 12.2 Å². The van der Waals surface area contributed by atoms with E-state index in [2.05, 4.69) is 42.8 Å². The molecular weight excluding hydrogens is 357 g/mol. The summed E-state index contributed by atoms with van der Waals surface area (Å²) >= 11 is 3.45. The van der Waals surface area contributed by atoms with E-state index >= 15 is 0 Å². The van der Waals surface area contributed by atoms with Crippen molar-refractivity contribution in [1.29, 1.82) is 0 Å². The first-order chi connectivity index (χ1) is 12.0. The van der Waals surface area contributed by atoms with Crippen molar-refractivity contribution < 1.29 is 14.3 Å². The summed E-state index contributed by atoms with van der Waals surface area (Å²) in [5.41, 5.74) is 3.71. The molecule has 1 saturated heterocycles. The second kappa shape index (κ2) is 7.81. The molecule has 1 aliphatic rings. The minimum absolute atomic E-state index is 0.0972. The number of carbonyl (C=O) groups is 1. The molecule has 6 heteroatoms. The van der Waals surface area contributed by atoms with Gasteiger partial charge in [-0.15, -0.1) is 22.7 Å². The van der Waals surface area contributed by atoms with E-state index in [1.165, 1.54) is 26.5 Å². The Hall–Kier alpha value is -1.50. The van der Waals surface area contributed by atoms with Gasteiger partial charge in [-0.25, -0.2) is 4.39 Å². The van der Waals surface area contributed by atoms with Crippen molar-refractivity contribution in [2.24, 2.45) is 0 Å². The van der Waals surface area contributed by atoms with E-state index < -0.39 is 18.2 Å². The molecule has 0 unspecified atom stereocenters. The van der Waals surface area contributed by atoms with E-state index in [1.807, 2.05) is 0 Å². The highest BCUT2D eigenvalue weighted by molar-refractivity contribution is 7.14. The van der Waals surface area contributed by atoms with Gasteiger partial charge in [0.05, 0.1) is 0 Å². The number of carboxylic acid groups (broad SMARTS) is 1. The summed E-state index contributed by atoms with van der Waals surface area (Å²) in [5, 5.41) is 13.4. The summed E-state index contributed by atoms with van der Waals surface area (Å²) < 4.78 is 13.6. The van der Waals surface area contributed by atoms with Gasteiger partial charge in [0.2, 0.25) is 0 Å². The van der Waals surface area contributed by atoms with Crippen LogP contribution >= 0.6 is 22.7 Å². The number of hydrogen-bond donors (Lipinski definition) is 1. The van der Waals surface area contributed by atoms with Gasteiger partial charge >= 0.3 is 5.97 Å². The van der Waals surface area contributed by atoms with Crippen molar-refractivity contribution in [1.82, 2.24) is 4.90 Å². The number of rotatable bonds is 6. The summed E-state index contributed by atoms with van der Waals surface area (Å²) in [4.78, 5) is 15.6. The number of likely N-dealkylation sites (tertiary alicyclic amines) is 1. The van der Waals surface area contributed by atoms with Crippen LogP contribution in [-0.4, -0.2) is 41.3 Å². The summed E-state index contributed by atoms with van der Waals surface area (Å²) in [5.74, 6) is -0.924. The van der Waals surface area contributed by atoms with Crippen LogP contribution in [0, 0.1) is 13.8 Å². The second-order valence-electron chi connectivity index (χ2n) is 6.45. The zero-order chi connectivity index (χ0) is 18.0. The molecule has 0 spiro atoms. The average molecular weight is 380 g/mol. The largest absolute Gasteiger partial charge is 0.480 e. The van der Waals surface area contributed by atoms with E-state index in [1.54, 1.807) is 27.6 Å². The SMILES string of the molecule is Cc1ccsc1C(=CCCN1C[C@H](F)C[C@H]1C(=O)O)c1sccc1C. The molecule has 3 nitrogen and oxygen atoms in total. The van der Waals surface area contributed by atoms with Crippen LogP contribution in [0.15, 0.2) is 29.0 Å². The zero-order valence-corrected chi connectivity index (χ0v) is 16.0. The Morgan fingerprint density at radius 1 is 1.28 bits per heavy atom. The highest BCUT2D eigenvalue weighted by Crippen LogP contribution is 2.35. The van der Waals surface area contributed by atoms with Crippen LogP contribution in [0.2, 0.25) is 0 Å². The van der Waals surface area contributed by atoms with Gasteiger partial charge in [-0.05, 0) is 54.3 Å². The smallest absolute Gasteiger partial charge is 0.321 e. The first kappa shape index (κ1) is 18.3. The maximum absolute atomic E-state index is 13.6. The Bertz CT molecular complexity index is 738. The lowest BCUT2D eigenvalue weighted by molar-refractivity contribution is -0.142. The highest BCUT2D eigenvalue weighted by atomic mass is 32.1. The number of aliphatic carboxylic acids is 1. The van der Waals surface area contributed by atoms with Crippen molar-refractivity contribution in [2.75, 3.05) is 13.1 Å². The highest BCUT2D eigenvalue weighted by Gasteiger charge is 2.36. The third kappa shape index (κ3) is 4.02. The quantitative estimate of drug-likeness (QED) is 0.788. The van der Waals surface area contributed by atoms with E-state index in [0.717, 1.165) is 0 Å². The molecule has 1 N–H and O–H groups in total. The molecule has 25 heavy (non-hydrogen) atoms. The molecule has 0 radical (unpaired) electrons. The molecule has 1 aliphatic heterocycles. The second-order valence-corrected chi connectivity index (χ2v) is 8.29. The van der Waals surface area contributed by atoms with Gasteiger partial charge in [-0.1, -0.05) is 6.08 Å². The van der Waals surface area contributed by atoms with Gasteiger partial charge in [0.25, 0.3) is 0 Å². The molecule has 0 aromatic carbocycles. The fourth-order valence-corrected chi connectivity index (χ4v) is 5.33. The van der Waals surface area contributed by atoms with E-state index in [0.29, 0.717) is 13.0 Å². The average Bonchev–Trinajstić information content (AvgIpc) is 3.25. The summed E-state index contributed by atoms with van der Waals surface area (Å²) in [7, 11) is 0. The molecule has 1 fully saturated rings. The van der Waals surface area contributed by atoms with Gasteiger partial charge < -0.3 is 5.11 Å². The van der Waals surface area contributed by atoms with Crippen LogP contribution in [0.5, 0.6) is 0 Å². The Kier molecular flexibility index (Phi) is 5.71. The standard InChI is InChI=1S/C19H22FNO2S2/c1-12-5-8-24-17(12)15(18-13(2)6-9-25-18)4-3-7-21-11-14(20)10-16(21)19(22)23/h4-6,8-9,14,16H,3,7,10-11H2,1-2H3,(H,22,23)/t14-,16+/m1/s1. The van der Waals surface area contributed by atoms with Crippen molar-refractivity contribution in [2.45, 2.75) is 38.9 Å². The van der Waals surface area contributed by atoms with Crippen molar-refractivity contribution in [3.63, 3.8) is 0 Å². The van der Waals surface area contributed by atoms with Gasteiger partial charge in [0.15, 0.2) is 0 Å². The Morgan fingerprint density at radius 2 is 1.88 bits per heavy atom. The fourth-order valence-electron chi connectivity index (χ4n) is 3.31. The fraction of sp³-hybridized carbons (Fsp3) is 0.421. The van der Waals surface area contributed by atoms with Crippen LogP contribution < -0.4 is 0 Å². The number of thiophene rings is 2. The molecule has 3 rings (SSSR count). The first-order valence-corrected chi connectivity index (χ1v) is 10.1. The molecule has 3 heterocycles. The molecule has 0 aliphatic carbocycles. The number of carboxylic acids is 1. The lowest BCUT2D eigenvalue weighted by Gasteiger charge is -2.19. The van der Waals surface area contributed by atoms with E-state index in [4.69, 9.17) is 0 Å². The molecule has 2 atom stereocenters. The first-order valence-electron chi connectivity index (χ1n) is 8.37. The van der Waals surface area contributed by atoms with Crippen molar-refractivity contribution in [3.8, 4) is 0 Å². The number of hydrogen-bond acceptors (Lipinski definition) is 4. The minimum atomic E-state index is -1.04. The topological polar surface area (TPSA) is 40.5 Å². The maximum Gasteiger partial charge on any atom is 0.321 e. The Balaban J connectivity index is 1.79. The number of alkyl halides is 1. The van der Waals surface area contributed by atoms with E-state index in [9.17, 15) is 14.3 Å². The zero-order valence-electron chi connectivity index (χ0n) is 14.4. The normalized spacial score (nSPS) is 20.8. The Labute approximate surface area is 155 Å². The molecule has 2 aromatic rings. The third-order valence-corrected chi connectivity index (χ3v) is 6.72. The lowest BCUT2D eigenvalue weighted by atomic mass is 10.1. The van der Waals surface area contributed by atoms with Gasteiger partial charge in [0, 0.05) is 34.8 Å². The van der Waals surface area contributed by atoms with Crippen LogP contribution in [0.4, 0.5) is 4.39 Å². The summed E-state index contributed by atoms with van der Waals surface area (Å²) in [6, 6.07) is 3.54. The summed E-state index contributed by atoms with van der Waals surface area (Å²) in [6.45, 7) is 5.00. The predicted molar refractivity (Wildman–Crippen MR) is 102 cm³/mol. The molecular formula is C19H22FNO2S2. The van der Waals surface area contributed by atoms with Crippen LogP contribution in [0.1, 0.15) is 33.7 Å². The molecule has 2 aromatic heterocycles. The lowest BCUT2D eigenvalue weighted by Crippen LogP contribution is -2.36. The molecule has 0 amide bonds. The number of aryl methyl sites for hydroxylation is 2. The monoisotopic (exact) mass is 379 g/mol. The summed E-state index contributed by atoms with van der Waals surface area (Å²) in [6.07, 6.45) is 1.95. The van der Waals surface area contributed by atoms with Crippen molar-refractivity contribution in [3.05, 3.63) is 49.9 Å². The van der Waals surface area contributed by atoms with Gasteiger partial charge in [-0.3, -0.25) is 9.69 Å².